The lowest BCUT2D eigenvalue weighted by Gasteiger charge is -2.33. The van der Waals surface area contributed by atoms with E-state index < -0.39 is 34.2 Å². The second kappa shape index (κ2) is 8.02. The normalized spacial score (nSPS) is 17.7. The van der Waals surface area contributed by atoms with Crippen molar-refractivity contribution in [3.8, 4) is 0 Å². The molecule has 1 heterocycles. The lowest BCUT2D eigenvalue weighted by atomic mass is 9.97. The van der Waals surface area contributed by atoms with Crippen molar-refractivity contribution in [2.45, 2.75) is 43.3 Å². The highest BCUT2D eigenvalue weighted by Crippen LogP contribution is 2.34. The average molecular weight is 422 g/mol. The third-order valence-corrected chi connectivity index (χ3v) is 6.54. The van der Waals surface area contributed by atoms with Crippen LogP contribution in [0.15, 0.2) is 76.7 Å². The lowest BCUT2D eigenvalue weighted by molar-refractivity contribution is -0.0950. The second-order valence-electron chi connectivity index (χ2n) is 7.00. The SMILES string of the molecule is C=C(C[C@@H]1CCC(c2ccccc2)=NN1S(=O)(=O)c1ccc(C)cc1)C(F)(F)F. The maximum absolute atomic E-state index is 13.2. The first-order chi connectivity index (χ1) is 13.6. The van der Waals surface area contributed by atoms with Gasteiger partial charge in [-0.1, -0.05) is 54.6 Å². The summed E-state index contributed by atoms with van der Waals surface area (Å²) in [5, 5.41) is 4.29. The Morgan fingerprint density at radius 3 is 2.34 bits per heavy atom. The summed E-state index contributed by atoms with van der Waals surface area (Å²) in [4.78, 5) is -0.0104. The predicted molar refractivity (Wildman–Crippen MR) is 106 cm³/mol. The molecule has 0 radical (unpaired) electrons. The Labute approximate surface area is 168 Å². The highest BCUT2D eigenvalue weighted by Gasteiger charge is 2.39. The van der Waals surface area contributed by atoms with Crippen LogP contribution < -0.4 is 0 Å². The van der Waals surface area contributed by atoms with Crippen LogP contribution in [0.5, 0.6) is 0 Å². The van der Waals surface area contributed by atoms with Gasteiger partial charge in [-0.15, -0.1) is 0 Å². The van der Waals surface area contributed by atoms with E-state index in [1.54, 1.807) is 36.4 Å². The van der Waals surface area contributed by atoms with E-state index in [0.29, 0.717) is 12.1 Å². The molecule has 0 amide bonds. The molecule has 2 aromatic carbocycles. The summed E-state index contributed by atoms with van der Waals surface area (Å²) in [6.45, 7) is 4.92. The number of alkyl halides is 3. The number of aryl methyl sites for hydroxylation is 1. The standard InChI is InChI=1S/C21H21F3N2O2S/c1-15-8-11-19(12-9-15)29(27,28)26-18(14-16(2)21(22,23)24)10-13-20(25-26)17-6-4-3-5-7-17/h3-9,11-12,18H,2,10,13-14H2,1H3/t18-/m0/s1. The summed E-state index contributed by atoms with van der Waals surface area (Å²) >= 11 is 0. The maximum atomic E-state index is 13.2. The number of nitrogens with zero attached hydrogens (tertiary/aromatic N) is 2. The molecule has 3 rings (SSSR count). The fraction of sp³-hybridized carbons (Fsp3) is 0.286. The Morgan fingerprint density at radius 1 is 1.14 bits per heavy atom. The quantitative estimate of drug-likeness (QED) is 0.633. The molecule has 0 spiro atoms. The van der Waals surface area contributed by atoms with Crippen molar-refractivity contribution in [3.05, 3.63) is 77.9 Å². The Hall–Kier alpha value is -2.61. The number of halogens is 3. The minimum absolute atomic E-state index is 0.0104. The number of benzene rings is 2. The van der Waals surface area contributed by atoms with E-state index in [2.05, 4.69) is 11.7 Å². The van der Waals surface area contributed by atoms with Crippen LogP contribution in [0.2, 0.25) is 0 Å². The van der Waals surface area contributed by atoms with E-state index in [0.717, 1.165) is 15.5 Å². The molecular formula is C21H21F3N2O2S. The van der Waals surface area contributed by atoms with Crippen LogP contribution in [0.3, 0.4) is 0 Å². The number of rotatable bonds is 5. The van der Waals surface area contributed by atoms with Crippen molar-refractivity contribution in [2.75, 3.05) is 0 Å². The summed E-state index contributed by atoms with van der Waals surface area (Å²) in [6.07, 6.45) is -4.52. The number of hydrogen-bond acceptors (Lipinski definition) is 3. The van der Waals surface area contributed by atoms with E-state index in [1.807, 2.05) is 13.0 Å². The molecule has 0 saturated carbocycles. The van der Waals surface area contributed by atoms with Gasteiger partial charge in [-0.3, -0.25) is 0 Å². The second-order valence-corrected chi connectivity index (χ2v) is 8.80. The number of sulfonamides is 1. The first kappa shape index (κ1) is 21.1. The smallest absolute Gasteiger partial charge is 0.200 e. The molecule has 1 atom stereocenters. The molecule has 0 fully saturated rings. The minimum atomic E-state index is -4.58. The largest absolute Gasteiger partial charge is 0.412 e. The summed E-state index contributed by atoms with van der Waals surface area (Å²) in [6, 6.07) is 14.2. The fourth-order valence-electron chi connectivity index (χ4n) is 3.15. The van der Waals surface area contributed by atoms with Gasteiger partial charge in [-0.25, -0.2) is 0 Å². The fourth-order valence-corrected chi connectivity index (χ4v) is 4.62. The minimum Gasteiger partial charge on any atom is -0.200 e. The molecule has 1 aliphatic rings. The molecule has 0 bridgehead atoms. The maximum Gasteiger partial charge on any atom is 0.412 e. The molecule has 1 aliphatic heterocycles. The molecule has 154 valence electrons. The van der Waals surface area contributed by atoms with Gasteiger partial charge in [0.25, 0.3) is 10.0 Å². The van der Waals surface area contributed by atoms with E-state index in [1.165, 1.54) is 12.1 Å². The third-order valence-electron chi connectivity index (χ3n) is 4.80. The Balaban J connectivity index is 2.03. The van der Waals surface area contributed by atoms with Crippen LogP contribution in [0, 0.1) is 6.92 Å². The van der Waals surface area contributed by atoms with Gasteiger partial charge in [0.15, 0.2) is 0 Å². The van der Waals surface area contributed by atoms with Gasteiger partial charge in [0.05, 0.1) is 16.6 Å². The zero-order valence-corrected chi connectivity index (χ0v) is 16.7. The number of hydrogen-bond donors (Lipinski definition) is 0. The topological polar surface area (TPSA) is 49.7 Å². The van der Waals surface area contributed by atoms with E-state index in [9.17, 15) is 21.6 Å². The first-order valence-corrected chi connectivity index (χ1v) is 10.5. The molecule has 0 aromatic heterocycles. The number of hydrazone groups is 1. The molecule has 8 heteroatoms. The van der Waals surface area contributed by atoms with Crippen molar-refractivity contribution >= 4 is 15.7 Å². The van der Waals surface area contributed by atoms with Crippen LogP contribution in [0.1, 0.15) is 30.4 Å². The molecule has 0 saturated heterocycles. The molecule has 4 nitrogen and oxygen atoms in total. The molecule has 0 aliphatic carbocycles. The molecule has 29 heavy (non-hydrogen) atoms. The summed E-state index contributed by atoms with van der Waals surface area (Å²) in [5.74, 6) is 0. The van der Waals surface area contributed by atoms with Gasteiger partial charge in [-0.2, -0.15) is 31.1 Å². The van der Waals surface area contributed by atoms with Gasteiger partial charge in [-0.05, 0) is 37.5 Å². The molecular weight excluding hydrogens is 401 g/mol. The third kappa shape index (κ3) is 4.70. The Morgan fingerprint density at radius 2 is 1.76 bits per heavy atom. The molecule has 2 aromatic rings. The van der Waals surface area contributed by atoms with Crippen molar-refractivity contribution in [1.82, 2.24) is 4.41 Å². The zero-order chi connectivity index (χ0) is 21.2. The Kier molecular flexibility index (Phi) is 5.84. The summed E-state index contributed by atoms with van der Waals surface area (Å²) in [5.41, 5.74) is 1.17. The van der Waals surface area contributed by atoms with E-state index in [-0.39, 0.29) is 11.3 Å². The van der Waals surface area contributed by atoms with Crippen LogP contribution in [0.25, 0.3) is 0 Å². The van der Waals surface area contributed by atoms with Crippen molar-refractivity contribution < 1.29 is 21.6 Å². The summed E-state index contributed by atoms with van der Waals surface area (Å²) < 4.78 is 66.4. The van der Waals surface area contributed by atoms with Crippen molar-refractivity contribution in [1.29, 1.82) is 0 Å². The molecule has 0 unspecified atom stereocenters. The highest BCUT2D eigenvalue weighted by atomic mass is 32.2. The predicted octanol–water partition coefficient (Wildman–Crippen LogP) is 5.06. The van der Waals surface area contributed by atoms with Crippen LogP contribution in [-0.4, -0.2) is 30.8 Å². The van der Waals surface area contributed by atoms with Crippen LogP contribution in [-0.2, 0) is 10.0 Å². The lowest BCUT2D eigenvalue weighted by Crippen LogP contribution is -2.41. The zero-order valence-electron chi connectivity index (χ0n) is 15.9. The average Bonchev–Trinajstić information content (AvgIpc) is 2.68. The van der Waals surface area contributed by atoms with E-state index >= 15 is 0 Å². The van der Waals surface area contributed by atoms with E-state index in [4.69, 9.17) is 0 Å². The van der Waals surface area contributed by atoms with Crippen molar-refractivity contribution in [3.63, 3.8) is 0 Å². The van der Waals surface area contributed by atoms with Gasteiger partial charge in [0.2, 0.25) is 0 Å². The highest BCUT2D eigenvalue weighted by molar-refractivity contribution is 7.89. The first-order valence-electron chi connectivity index (χ1n) is 9.08. The Bertz CT molecular complexity index is 1010. The molecule has 0 N–H and O–H groups in total. The van der Waals surface area contributed by atoms with Gasteiger partial charge in [0, 0.05) is 12.0 Å². The van der Waals surface area contributed by atoms with Crippen molar-refractivity contribution in [2.24, 2.45) is 5.10 Å². The summed E-state index contributed by atoms with van der Waals surface area (Å²) in [7, 11) is -4.12. The van der Waals surface area contributed by atoms with Gasteiger partial charge < -0.3 is 0 Å². The monoisotopic (exact) mass is 422 g/mol. The van der Waals surface area contributed by atoms with Gasteiger partial charge in [0.1, 0.15) is 0 Å². The van der Waals surface area contributed by atoms with Gasteiger partial charge >= 0.3 is 6.18 Å². The van der Waals surface area contributed by atoms with Crippen LogP contribution in [0.4, 0.5) is 13.2 Å². The van der Waals surface area contributed by atoms with Crippen LogP contribution >= 0.6 is 0 Å².